The average molecular weight is 253 g/mol. The van der Waals surface area contributed by atoms with Crippen molar-refractivity contribution >= 4 is 16.9 Å². The zero-order chi connectivity index (χ0) is 11.6. The van der Waals surface area contributed by atoms with E-state index in [-0.39, 0.29) is 0 Å². The number of hydrogen-bond donors (Lipinski definition) is 1. The first-order valence-electron chi connectivity index (χ1n) is 7.05. The minimum absolute atomic E-state index is 0.567. The lowest BCUT2D eigenvalue weighted by atomic mass is 9.89. The summed E-state index contributed by atoms with van der Waals surface area (Å²) in [6.07, 6.45) is 9.70. The highest BCUT2D eigenvalue weighted by Crippen LogP contribution is 2.43. The predicted molar refractivity (Wildman–Crippen MR) is 74.2 cm³/mol. The zero-order valence-corrected chi connectivity index (χ0v) is 11.4. The van der Waals surface area contributed by atoms with Crippen LogP contribution in [0.25, 0.3) is 0 Å². The van der Waals surface area contributed by atoms with Crippen LogP contribution in [0.2, 0.25) is 0 Å². The van der Waals surface area contributed by atoms with Gasteiger partial charge in [0.1, 0.15) is 0 Å². The Labute approximate surface area is 108 Å². The number of hydrogen-bond acceptors (Lipinski definition) is 4. The van der Waals surface area contributed by atoms with Crippen LogP contribution in [0.5, 0.6) is 0 Å². The third-order valence-corrected chi connectivity index (χ3v) is 5.60. The van der Waals surface area contributed by atoms with E-state index >= 15 is 0 Å². The van der Waals surface area contributed by atoms with E-state index in [2.05, 4.69) is 10.4 Å². The van der Waals surface area contributed by atoms with E-state index in [9.17, 15) is 0 Å². The molecule has 1 spiro atoms. The van der Waals surface area contributed by atoms with Crippen molar-refractivity contribution in [2.75, 3.05) is 25.4 Å². The Hall–Kier alpha value is -0.220. The van der Waals surface area contributed by atoms with E-state index in [0.717, 1.165) is 6.54 Å². The van der Waals surface area contributed by atoms with Gasteiger partial charge in [-0.1, -0.05) is 31.0 Å². The highest BCUT2D eigenvalue weighted by Gasteiger charge is 2.36. The highest BCUT2D eigenvalue weighted by atomic mass is 32.2. The van der Waals surface area contributed by atoms with E-state index in [4.69, 9.17) is 4.99 Å². The maximum atomic E-state index is 4.79. The highest BCUT2D eigenvalue weighted by molar-refractivity contribution is 8.13. The number of rotatable bonds is 1. The first kappa shape index (κ1) is 11.8. The summed E-state index contributed by atoms with van der Waals surface area (Å²) in [5.41, 5.74) is 4.08. The lowest BCUT2D eigenvalue weighted by Crippen LogP contribution is -2.46. The van der Waals surface area contributed by atoms with E-state index in [1.165, 1.54) is 69.0 Å². The quantitative estimate of drug-likeness (QED) is 0.778. The summed E-state index contributed by atoms with van der Waals surface area (Å²) in [5, 5.41) is 3.52. The van der Waals surface area contributed by atoms with Gasteiger partial charge in [-0.2, -0.15) is 0 Å². The Kier molecular flexibility index (Phi) is 3.61. The number of amidine groups is 1. The van der Waals surface area contributed by atoms with E-state index in [1.807, 2.05) is 11.8 Å². The monoisotopic (exact) mass is 253 g/mol. The molecule has 17 heavy (non-hydrogen) atoms. The number of hydrazine groups is 1. The predicted octanol–water partition coefficient (Wildman–Crippen LogP) is 2.64. The van der Waals surface area contributed by atoms with Gasteiger partial charge in [0.05, 0.1) is 0 Å². The maximum absolute atomic E-state index is 4.79. The van der Waals surface area contributed by atoms with Gasteiger partial charge < -0.3 is 0 Å². The van der Waals surface area contributed by atoms with Crippen LogP contribution in [-0.4, -0.2) is 35.6 Å². The molecule has 1 aliphatic carbocycles. The van der Waals surface area contributed by atoms with Gasteiger partial charge in [-0.15, -0.1) is 0 Å². The van der Waals surface area contributed by atoms with Crippen molar-refractivity contribution in [2.45, 2.75) is 44.9 Å². The van der Waals surface area contributed by atoms with Gasteiger partial charge in [0.15, 0.2) is 5.17 Å². The molecule has 3 rings (SSSR count). The van der Waals surface area contributed by atoms with Crippen LogP contribution in [0.15, 0.2) is 4.99 Å². The van der Waals surface area contributed by atoms with Crippen LogP contribution in [0, 0.1) is 5.41 Å². The molecule has 0 unspecified atom stereocenters. The zero-order valence-electron chi connectivity index (χ0n) is 10.6. The third-order valence-electron chi connectivity index (χ3n) is 4.35. The molecule has 0 aromatic rings. The minimum Gasteiger partial charge on any atom is -0.298 e. The molecule has 0 radical (unpaired) electrons. The molecular weight excluding hydrogens is 230 g/mol. The lowest BCUT2D eigenvalue weighted by Gasteiger charge is -2.34. The smallest absolute Gasteiger partial charge is 0.171 e. The molecule has 0 aromatic heterocycles. The van der Waals surface area contributed by atoms with Crippen molar-refractivity contribution in [1.29, 1.82) is 0 Å². The van der Waals surface area contributed by atoms with E-state index in [1.54, 1.807) is 0 Å². The molecule has 3 nitrogen and oxygen atoms in total. The summed E-state index contributed by atoms with van der Waals surface area (Å²) in [5.74, 6) is 1.28. The van der Waals surface area contributed by atoms with Gasteiger partial charge in [0.25, 0.3) is 0 Å². The van der Waals surface area contributed by atoms with Crippen LogP contribution in [-0.2, 0) is 0 Å². The van der Waals surface area contributed by atoms with Crippen molar-refractivity contribution in [3.05, 3.63) is 0 Å². The molecule has 2 aliphatic heterocycles. The third kappa shape index (κ3) is 2.79. The topological polar surface area (TPSA) is 27.6 Å². The van der Waals surface area contributed by atoms with Crippen molar-refractivity contribution in [1.82, 2.24) is 10.4 Å². The van der Waals surface area contributed by atoms with Crippen LogP contribution < -0.4 is 5.43 Å². The molecule has 0 amide bonds. The van der Waals surface area contributed by atoms with Crippen LogP contribution in [0.3, 0.4) is 0 Å². The molecule has 0 atom stereocenters. The lowest BCUT2D eigenvalue weighted by molar-refractivity contribution is 0.195. The summed E-state index contributed by atoms with van der Waals surface area (Å²) in [6.45, 7) is 3.44. The summed E-state index contributed by atoms with van der Waals surface area (Å²) in [6, 6.07) is 0. The van der Waals surface area contributed by atoms with Gasteiger partial charge in [-0.05, 0) is 31.1 Å². The average Bonchev–Trinajstić information content (AvgIpc) is 2.83. The molecule has 4 heteroatoms. The van der Waals surface area contributed by atoms with Gasteiger partial charge >= 0.3 is 0 Å². The molecule has 2 heterocycles. The molecule has 0 bridgehead atoms. The van der Waals surface area contributed by atoms with Crippen LogP contribution in [0.4, 0.5) is 0 Å². The largest absolute Gasteiger partial charge is 0.298 e. The fourth-order valence-corrected chi connectivity index (χ4v) is 4.36. The second-order valence-corrected chi connectivity index (χ2v) is 6.74. The van der Waals surface area contributed by atoms with Gasteiger partial charge in [-0.3, -0.25) is 10.4 Å². The molecule has 96 valence electrons. The Balaban J connectivity index is 1.53. The Morgan fingerprint density at radius 1 is 1.06 bits per heavy atom. The Bertz CT molecular complexity index is 291. The van der Waals surface area contributed by atoms with Gasteiger partial charge in [0.2, 0.25) is 0 Å². The molecule has 3 aliphatic rings. The molecular formula is C13H23N3S. The van der Waals surface area contributed by atoms with Crippen molar-refractivity contribution in [2.24, 2.45) is 10.4 Å². The maximum Gasteiger partial charge on any atom is 0.171 e. The van der Waals surface area contributed by atoms with Gasteiger partial charge in [-0.25, -0.2) is 5.01 Å². The molecule has 1 saturated carbocycles. The van der Waals surface area contributed by atoms with Gasteiger partial charge in [0, 0.05) is 25.4 Å². The Morgan fingerprint density at radius 3 is 2.47 bits per heavy atom. The number of piperidine rings is 1. The van der Waals surface area contributed by atoms with Crippen molar-refractivity contribution < 1.29 is 0 Å². The number of nitrogens with zero attached hydrogens (tertiary/aromatic N) is 2. The summed E-state index contributed by atoms with van der Waals surface area (Å²) >= 11 is 1.95. The first-order chi connectivity index (χ1) is 8.36. The number of aliphatic imine (C=N–C) groups is 1. The van der Waals surface area contributed by atoms with E-state index in [0.29, 0.717) is 5.41 Å². The standard InChI is InChI=1S/C13H23N3S/c1-4-8-16(9-5-1)15-12-14-10-13(11-17-12)6-2-3-7-13/h1-11H2,(H,14,15). The number of nitrogens with one attached hydrogen (secondary N) is 1. The molecule has 0 aromatic carbocycles. The Morgan fingerprint density at radius 2 is 1.82 bits per heavy atom. The fourth-order valence-electron chi connectivity index (χ4n) is 3.19. The fraction of sp³-hybridized carbons (Fsp3) is 0.923. The van der Waals surface area contributed by atoms with Crippen LogP contribution in [0.1, 0.15) is 44.9 Å². The summed E-state index contributed by atoms with van der Waals surface area (Å²) in [7, 11) is 0. The summed E-state index contributed by atoms with van der Waals surface area (Å²) in [4.78, 5) is 4.79. The first-order valence-corrected chi connectivity index (χ1v) is 8.04. The van der Waals surface area contributed by atoms with Crippen molar-refractivity contribution in [3.8, 4) is 0 Å². The second kappa shape index (κ2) is 5.19. The SMILES string of the molecule is C1CCN(NC2=NCC3(CCCC3)CS2)CC1. The second-order valence-electron chi connectivity index (χ2n) is 5.78. The molecule has 2 fully saturated rings. The normalized spacial score (nSPS) is 29.3. The minimum atomic E-state index is 0.567. The van der Waals surface area contributed by atoms with E-state index < -0.39 is 0 Å². The molecule has 1 saturated heterocycles. The summed E-state index contributed by atoms with van der Waals surface area (Å²) < 4.78 is 0. The van der Waals surface area contributed by atoms with Crippen molar-refractivity contribution in [3.63, 3.8) is 0 Å². The number of thioether (sulfide) groups is 1. The van der Waals surface area contributed by atoms with Crippen LogP contribution >= 0.6 is 11.8 Å². The molecule has 1 N–H and O–H groups in total.